The summed E-state index contributed by atoms with van der Waals surface area (Å²) in [6.07, 6.45) is 1.97. The van der Waals surface area contributed by atoms with Crippen molar-refractivity contribution in [2.45, 2.75) is 20.3 Å². The van der Waals surface area contributed by atoms with Gasteiger partial charge in [0.15, 0.2) is 17.5 Å². The monoisotopic (exact) mass is 296 g/mol. The van der Waals surface area contributed by atoms with Gasteiger partial charge in [0.05, 0.1) is 0 Å². The Kier molecular flexibility index (Phi) is 4.62. The van der Waals surface area contributed by atoms with Gasteiger partial charge in [0.1, 0.15) is 18.0 Å². The second-order valence-electron chi connectivity index (χ2n) is 4.31. The van der Waals surface area contributed by atoms with Crippen molar-refractivity contribution in [1.82, 2.24) is 9.97 Å². The fourth-order valence-electron chi connectivity index (χ4n) is 1.94. The first-order valence-electron chi connectivity index (χ1n) is 6.56. The minimum absolute atomic E-state index is 0.0854. The molecule has 0 aliphatic rings. The van der Waals surface area contributed by atoms with E-state index in [1.807, 2.05) is 13.8 Å². The molecule has 0 saturated carbocycles. The molecule has 4 nitrogen and oxygen atoms in total. The molecule has 0 spiro atoms. The molecule has 2 N–H and O–H groups in total. The topological polar surface area (TPSA) is 49.8 Å². The first kappa shape index (κ1) is 15.1. The Labute approximate surface area is 120 Å². The van der Waals surface area contributed by atoms with E-state index in [0.29, 0.717) is 24.6 Å². The normalized spacial score (nSPS) is 10.5. The molecule has 21 heavy (non-hydrogen) atoms. The molecule has 0 aliphatic carbocycles. The van der Waals surface area contributed by atoms with Gasteiger partial charge in [-0.05, 0) is 13.3 Å². The average molecular weight is 296 g/mol. The summed E-state index contributed by atoms with van der Waals surface area (Å²) in [7, 11) is 0. The third kappa shape index (κ3) is 3.24. The number of anilines is 3. The van der Waals surface area contributed by atoms with Gasteiger partial charge in [-0.3, -0.25) is 0 Å². The van der Waals surface area contributed by atoms with Gasteiger partial charge in [0.25, 0.3) is 0 Å². The van der Waals surface area contributed by atoms with E-state index in [1.54, 1.807) is 0 Å². The lowest BCUT2D eigenvalue weighted by atomic mass is 10.2. The van der Waals surface area contributed by atoms with E-state index < -0.39 is 17.5 Å². The second kappa shape index (κ2) is 6.43. The number of hydrogen-bond donors (Lipinski definition) is 2. The molecule has 0 atom stereocenters. The van der Waals surface area contributed by atoms with Crippen LogP contribution in [0.4, 0.5) is 30.5 Å². The Hall–Kier alpha value is -2.31. The van der Waals surface area contributed by atoms with Gasteiger partial charge >= 0.3 is 0 Å². The van der Waals surface area contributed by atoms with Crippen molar-refractivity contribution in [3.8, 4) is 0 Å². The molecule has 0 bridgehead atoms. The molecule has 1 aromatic carbocycles. The zero-order valence-electron chi connectivity index (χ0n) is 11.7. The summed E-state index contributed by atoms with van der Waals surface area (Å²) in [5.41, 5.74) is 0.867. The van der Waals surface area contributed by atoms with E-state index in [0.717, 1.165) is 17.7 Å². The van der Waals surface area contributed by atoms with Crippen LogP contribution < -0.4 is 10.6 Å². The second-order valence-corrected chi connectivity index (χ2v) is 4.31. The number of hydrogen-bond acceptors (Lipinski definition) is 4. The third-order valence-corrected chi connectivity index (χ3v) is 2.89. The van der Waals surface area contributed by atoms with Crippen LogP contribution in [0, 0.1) is 17.5 Å². The van der Waals surface area contributed by atoms with Crippen molar-refractivity contribution in [2.75, 3.05) is 17.2 Å². The Morgan fingerprint density at radius 1 is 1.00 bits per heavy atom. The summed E-state index contributed by atoms with van der Waals surface area (Å²) in [6.45, 7) is 4.53. The summed E-state index contributed by atoms with van der Waals surface area (Å²) >= 11 is 0. The number of nitrogens with zero attached hydrogens (tertiary/aromatic N) is 2. The van der Waals surface area contributed by atoms with Crippen molar-refractivity contribution >= 4 is 17.3 Å². The number of halogens is 3. The molecule has 1 heterocycles. The number of benzene rings is 1. The SMILES string of the molecule is CCNc1ncnc(Nc2cc(F)c(F)c(F)c2)c1CC. The summed E-state index contributed by atoms with van der Waals surface area (Å²) in [6, 6.07) is 1.76. The number of rotatable bonds is 5. The maximum absolute atomic E-state index is 13.2. The van der Waals surface area contributed by atoms with Crippen LogP contribution in [0.2, 0.25) is 0 Å². The van der Waals surface area contributed by atoms with Crippen molar-refractivity contribution < 1.29 is 13.2 Å². The predicted molar refractivity (Wildman–Crippen MR) is 75.2 cm³/mol. The summed E-state index contributed by atoms with van der Waals surface area (Å²) in [5.74, 6) is -2.92. The highest BCUT2D eigenvalue weighted by Gasteiger charge is 2.13. The van der Waals surface area contributed by atoms with E-state index in [-0.39, 0.29) is 5.69 Å². The van der Waals surface area contributed by atoms with Crippen LogP contribution in [-0.2, 0) is 6.42 Å². The van der Waals surface area contributed by atoms with Gasteiger partial charge in [0.2, 0.25) is 0 Å². The molecular formula is C14H15F3N4. The smallest absolute Gasteiger partial charge is 0.194 e. The van der Waals surface area contributed by atoms with E-state index in [1.165, 1.54) is 6.33 Å². The summed E-state index contributed by atoms with van der Waals surface area (Å²) in [4.78, 5) is 8.19. The van der Waals surface area contributed by atoms with Crippen LogP contribution in [0.15, 0.2) is 18.5 Å². The highest BCUT2D eigenvalue weighted by Crippen LogP contribution is 2.25. The van der Waals surface area contributed by atoms with Crippen molar-refractivity contribution in [1.29, 1.82) is 0 Å². The van der Waals surface area contributed by atoms with Gasteiger partial charge in [-0.1, -0.05) is 6.92 Å². The highest BCUT2D eigenvalue weighted by molar-refractivity contribution is 5.64. The van der Waals surface area contributed by atoms with E-state index in [4.69, 9.17) is 0 Å². The maximum Gasteiger partial charge on any atom is 0.194 e. The van der Waals surface area contributed by atoms with Crippen molar-refractivity contribution in [3.63, 3.8) is 0 Å². The third-order valence-electron chi connectivity index (χ3n) is 2.89. The molecule has 0 aliphatic heterocycles. The number of aromatic nitrogens is 2. The molecule has 1 aromatic heterocycles. The Morgan fingerprint density at radius 3 is 2.19 bits per heavy atom. The average Bonchev–Trinajstić information content (AvgIpc) is 2.45. The molecule has 2 rings (SSSR count). The quantitative estimate of drug-likeness (QED) is 0.827. The zero-order chi connectivity index (χ0) is 15.4. The van der Waals surface area contributed by atoms with Crippen LogP contribution in [0.1, 0.15) is 19.4 Å². The zero-order valence-corrected chi connectivity index (χ0v) is 11.7. The molecule has 0 amide bonds. The highest BCUT2D eigenvalue weighted by atomic mass is 19.2. The summed E-state index contributed by atoms with van der Waals surface area (Å²) in [5, 5.41) is 5.88. The van der Waals surface area contributed by atoms with E-state index in [9.17, 15) is 13.2 Å². The van der Waals surface area contributed by atoms with Gasteiger partial charge in [-0.2, -0.15) is 0 Å². The minimum Gasteiger partial charge on any atom is -0.370 e. The summed E-state index contributed by atoms with van der Waals surface area (Å²) < 4.78 is 39.4. The van der Waals surface area contributed by atoms with E-state index in [2.05, 4.69) is 20.6 Å². The molecule has 0 saturated heterocycles. The number of nitrogens with one attached hydrogen (secondary N) is 2. The lowest BCUT2D eigenvalue weighted by molar-refractivity contribution is 0.448. The molecule has 2 aromatic rings. The lowest BCUT2D eigenvalue weighted by Crippen LogP contribution is -2.08. The largest absolute Gasteiger partial charge is 0.370 e. The van der Waals surface area contributed by atoms with Crippen LogP contribution in [-0.4, -0.2) is 16.5 Å². The Balaban J connectivity index is 2.37. The van der Waals surface area contributed by atoms with E-state index >= 15 is 0 Å². The fourth-order valence-corrected chi connectivity index (χ4v) is 1.94. The minimum atomic E-state index is -1.49. The standard InChI is InChI=1S/C14H15F3N4/c1-3-9-13(18-4-2)19-7-20-14(9)21-8-5-10(15)12(17)11(16)6-8/h5-7H,3-4H2,1-2H3,(H2,18,19,20,21). The Bertz CT molecular complexity index is 623. The molecule has 0 radical (unpaired) electrons. The van der Waals surface area contributed by atoms with Gasteiger partial charge in [-0.25, -0.2) is 23.1 Å². The van der Waals surface area contributed by atoms with Crippen molar-refractivity contribution in [2.24, 2.45) is 0 Å². The first-order chi connectivity index (χ1) is 10.1. The molecule has 7 heteroatoms. The van der Waals surface area contributed by atoms with Gasteiger partial charge < -0.3 is 10.6 Å². The Morgan fingerprint density at radius 2 is 1.62 bits per heavy atom. The van der Waals surface area contributed by atoms with Crippen LogP contribution in [0.25, 0.3) is 0 Å². The van der Waals surface area contributed by atoms with Gasteiger partial charge in [0, 0.05) is 29.9 Å². The van der Waals surface area contributed by atoms with Gasteiger partial charge in [-0.15, -0.1) is 0 Å². The fraction of sp³-hybridized carbons (Fsp3) is 0.286. The first-order valence-corrected chi connectivity index (χ1v) is 6.56. The predicted octanol–water partition coefficient (Wildman–Crippen LogP) is 3.63. The van der Waals surface area contributed by atoms with Crippen LogP contribution in [0.3, 0.4) is 0 Å². The molecule has 112 valence electrons. The molecule has 0 unspecified atom stereocenters. The maximum atomic E-state index is 13.2. The molecule has 0 fully saturated rings. The lowest BCUT2D eigenvalue weighted by Gasteiger charge is -2.14. The van der Waals surface area contributed by atoms with Crippen molar-refractivity contribution in [3.05, 3.63) is 41.5 Å². The van der Waals surface area contributed by atoms with Crippen LogP contribution >= 0.6 is 0 Å². The molecular weight excluding hydrogens is 281 g/mol. The van der Waals surface area contributed by atoms with Crippen LogP contribution in [0.5, 0.6) is 0 Å².